The van der Waals surface area contributed by atoms with E-state index >= 15 is 0 Å². The summed E-state index contributed by atoms with van der Waals surface area (Å²) in [5.41, 5.74) is 0.568. The summed E-state index contributed by atoms with van der Waals surface area (Å²) < 4.78 is 16.0. The zero-order valence-corrected chi connectivity index (χ0v) is 15.3. The summed E-state index contributed by atoms with van der Waals surface area (Å²) in [4.78, 5) is 14.8. The lowest BCUT2D eigenvalue weighted by atomic mass is 10.0. The molecule has 1 amide bonds. The Kier molecular flexibility index (Phi) is 5.68. The van der Waals surface area contributed by atoms with Gasteiger partial charge in [0.15, 0.2) is 11.5 Å². The van der Waals surface area contributed by atoms with Gasteiger partial charge in [-0.3, -0.25) is 4.79 Å². The van der Waals surface area contributed by atoms with Gasteiger partial charge in [0.2, 0.25) is 5.75 Å². The van der Waals surface area contributed by atoms with Crippen molar-refractivity contribution in [2.45, 2.75) is 31.7 Å². The highest BCUT2D eigenvalue weighted by molar-refractivity contribution is 5.95. The second kappa shape index (κ2) is 7.95. The van der Waals surface area contributed by atoms with E-state index in [0.29, 0.717) is 28.9 Å². The summed E-state index contributed by atoms with van der Waals surface area (Å²) in [7, 11) is 4.67. The number of nitrogens with zero attached hydrogens (tertiary/aromatic N) is 1. The SMILES string of the molecule is COc1cc(C(=O)N2CCC(NCC3CC3)CC2)cc(OC)c1OC. The lowest BCUT2D eigenvalue weighted by Gasteiger charge is -2.32. The number of benzene rings is 1. The number of hydrogen-bond donors (Lipinski definition) is 1. The first-order valence-electron chi connectivity index (χ1n) is 8.99. The Balaban J connectivity index is 1.64. The van der Waals surface area contributed by atoms with Gasteiger partial charge in [-0.05, 0) is 50.3 Å². The van der Waals surface area contributed by atoms with E-state index in [1.165, 1.54) is 12.8 Å². The Hall–Kier alpha value is -1.95. The zero-order valence-electron chi connectivity index (χ0n) is 15.3. The van der Waals surface area contributed by atoms with Crippen LogP contribution in [-0.2, 0) is 0 Å². The first-order valence-corrected chi connectivity index (χ1v) is 8.99. The fourth-order valence-corrected chi connectivity index (χ4v) is 3.33. The maximum Gasteiger partial charge on any atom is 0.254 e. The Bertz CT molecular complexity index is 582. The standard InChI is InChI=1S/C19H28N2O4/c1-23-16-10-14(11-17(24-2)18(16)25-3)19(22)21-8-6-15(7-9-21)20-12-13-4-5-13/h10-11,13,15,20H,4-9,12H2,1-3H3. The highest BCUT2D eigenvalue weighted by atomic mass is 16.5. The summed E-state index contributed by atoms with van der Waals surface area (Å²) >= 11 is 0. The number of nitrogens with one attached hydrogen (secondary N) is 1. The third-order valence-corrected chi connectivity index (χ3v) is 5.09. The van der Waals surface area contributed by atoms with Crippen molar-refractivity contribution in [3.8, 4) is 17.2 Å². The van der Waals surface area contributed by atoms with E-state index in [2.05, 4.69) is 5.32 Å². The highest BCUT2D eigenvalue weighted by Crippen LogP contribution is 2.38. The molecule has 25 heavy (non-hydrogen) atoms. The molecule has 3 rings (SSSR count). The Morgan fingerprint density at radius 3 is 2.12 bits per heavy atom. The van der Waals surface area contributed by atoms with Crippen molar-refractivity contribution in [1.82, 2.24) is 10.2 Å². The molecule has 1 aromatic carbocycles. The van der Waals surface area contributed by atoms with E-state index in [1.807, 2.05) is 4.90 Å². The predicted molar refractivity (Wildman–Crippen MR) is 95.8 cm³/mol. The molecular weight excluding hydrogens is 320 g/mol. The Labute approximate surface area is 149 Å². The third-order valence-electron chi connectivity index (χ3n) is 5.09. The van der Waals surface area contributed by atoms with Crippen molar-refractivity contribution in [3.05, 3.63) is 17.7 Å². The number of methoxy groups -OCH3 is 3. The van der Waals surface area contributed by atoms with Crippen molar-refractivity contribution < 1.29 is 19.0 Å². The van der Waals surface area contributed by atoms with Gasteiger partial charge < -0.3 is 24.4 Å². The molecule has 1 aliphatic carbocycles. The van der Waals surface area contributed by atoms with E-state index in [0.717, 1.165) is 38.4 Å². The van der Waals surface area contributed by atoms with E-state index in [9.17, 15) is 4.79 Å². The van der Waals surface area contributed by atoms with Gasteiger partial charge in [0, 0.05) is 24.7 Å². The fourth-order valence-electron chi connectivity index (χ4n) is 3.33. The number of likely N-dealkylation sites (tertiary alicyclic amines) is 1. The summed E-state index contributed by atoms with van der Waals surface area (Å²) in [5.74, 6) is 2.42. The van der Waals surface area contributed by atoms with Crippen LogP contribution in [0.1, 0.15) is 36.0 Å². The molecule has 1 saturated carbocycles. The molecule has 2 aliphatic rings. The van der Waals surface area contributed by atoms with Crippen LogP contribution >= 0.6 is 0 Å². The van der Waals surface area contributed by atoms with Gasteiger partial charge in [-0.15, -0.1) is 0 Å². The molecule has 1 aliphatic heterocycles. The molecule has 1 heterocycles. The number of rotatable bonds is 7. The summed E-state index contributed by atoms with van der Waals surface area (Å²) in [6.07, 6.45) is 4.74. The van der Waals surface area contributed by atoms with Crippen LogP contribution in [0, 0.1) is 5.92 Å². The van der Waals surface area contributed by atoms with Crippen LogP contribution in [0.4, 0.5) is 0 Å². The molecule has 0 aromatic heterocycles. The number of carbonyl (C=O) groups excluding carboxylic acids is 1. The average molecular weight is 348 g/mol. The Morgan fingerprint density at radius 2 is 1.64 bits per heavy atom. The van der Waals surface area contributed by atoms with Crippen LogP contribution in [0.2, 0.25) is 0 Å². The molecule has 1 N–H and O–H groups in total. The first-order chi connectivity index (χ1) is 12.2. The van der Waals surface area contributed by atoms with Crippen LogP contribution in [0.5, 0.6) is 17.2 Å². The molecular formula is C19H28N2O4. The molecule has 1 aromatic rings. The van der Waals surface area contributed by atoms with Crippen LogP contribution < -0.4 is 19.5 Å². The highest BCUT2D eigenvalue weighted by Gasteiger charge is 2.27. The lowest BCUT2D eigenvalue weighted by molar-refractivity contribution is 0.0704. The summed E-state index contributed by atoms with van der Waals surface area (Å²) in [6, 6.07) is 3.98. The van der Waals surface area contributed by atoms with Crippen LogP contribution in [0.15, 0.2) is 12.1 Å². The van der Waals surface area contributed by atoms with Crippen molar-refractivity contribution in [1.29, 1.82) is 0 Å². The Morgan fingerprint density at radius 1 is 1.04 bits per heavy atom. The molecule has 0 unspecified atom stereocenters. The van der Waals surface area contributed by atoms with Crippen molar-refractivity contribution in [3.63, 3.8) is 0 Å². The quantitative estimate of drug-likeness (QED) is 0.819. The first kappa shape index (κ1) is 17.9. The van der Waals surface area contributed by atoms with Gasteiger partial charge in [-0.2, -0.15) is 0 Å². The van der Waals surface area contributed by atoms with Crippen LogP contribution in [-0.4, -0.2) is 57.8 Å². The second-order valence-corrected chi connectivity index (χ2v) is 6.83. The largest absolute Gasteiger partial charge is 0.493 e. The number of piperidine rings is 1. The molecule has 2 fully saturated rings. The molecule has 0 bridgehead atoms. The molecule has 0 atom stereocenters. The van der Waals surface area contributed by atoms with Crippen molar-refractivity contribution in [2.75, 3.05) is 41.0 Å². The van der Waals surface area contributed by atoms with E-state index in [4.69, 9.17) is 14.2 Å². The minimum atomic E-state index is 0.0138. The minimum absolute atomic E-state index is 0.0138. The molecule has 6 nitrogen and oxygen atoms in total. The summed E-state index contributed by atoms with van der Waals surface area (Å²) in [5, 5.41) is 3.64. The zero-order chi connectivity index (χ0) is 17.8. The number of hydrogen-bond acceptors (Lipinski definition) is 5. The minimum Gasteiger partial charge on any atom is -0.493 e. The molecule has 0 radical (unpaired) electrons. The maximum absolute atomic E-state index is 12.9. The molecule has 0 spiro atoms. The molecule has 6 heteroatoms. The van der Waals surface area contributed by atoms with Gasteiger partial charge in [-0.1, -0.05) is 0 Å². The summed E-state index contributed by atoms with van der Waals surface area (Å²) in [6.45, 7) is 2.68. The smallest absolute Gasteiger partial charge is 0.254 e. The number of carbonyl (C=O) groups is 1. The van der Waals surface area contributed by atoms with Gasteiger partial charge in [0.25, 0.3) is 5.91 Å². The lowest BCUT2D eigenvalue weighted by Crippen LogP contribution is -2.45. The van der Waals surface area contributed by atoms with Crippen molar-refractivity contribution >= 4 is 5.91 Å². The van der Waals surface area contributed by atoms with E-state index in [-0.39, 0.29) is 5.91 Å². The van der Waals surface area contributed by atoms with Gasteiger partial charge >= 0.3 is 0 Å². The third kappa shape index (κ3) is 4.18. The van der Waals surface area contributed by atoms with Gasteiger partial charge in [-0.25, -0.2) is 0 Å². The van der Waals surface area contributed by atoms with Gasteiger partial charge in [0.05, 0.1) is 21.3 Å². The van der Waals surface area contributed by atoms with E-state index < -0.39 is 0 Å². The van der Waals surface area contributed by atoms with Crippen LogP contribution in [0.25, 0.3) is 0 Å². The van der Waals surface area contributed by atoms with Gasteiger partial charge in [0.1, 0.15) is 0 Å². The van der Waals surface area contributed by atoms with Crippen molar-refractivity contribution in [2.24, 2.45) is 5.92 Å². The normalized spacial score (nSPS) is 18.1. The van der Waals surface area contributed by atoms with E-state index in [1.54, 1.807) is 33.5 Å². The molecule has 138 valence electrons. The van der Waals surface area contributed by atoms with Crippen LogP contribution in [0.3, 0.4) is 0 Å². The number of ether oxygens (including phenoxy) is 3. The average Bonchev–Trinajstić information content (AvgIpc) is 3.49. The maximum atomic E-state index is 12.9. The monoisotopic (exact) mass is 348 g/mol. The predicted octanol–water partition coefficient (Wildman–Crippen LogP) is 2.32. The number of amides is 1. The topological polar surface area (TPSA) is 60.0 Å². The molecule has 1 saturated heterocycles. The fraction of sp³-hybridized carbons (Fsp3) is 0.632. The second-order valence-electron chi connectivity index (χ2n) is 6.83.